The summed E-state index contributed by atoms with van der Waals surface area (Å²) in [6, 6.07) is 4.31. The van der Waals surface area contributed by atoms with Crippen LogP contribution in [-0.2, 0) is 0 Å². The van der Waals surface area contributed by atoms with Gasteiger partial charge in [-0.2, -0.15) is 0 Å². The summed E-state index contributed by atoms with van der Waals surface area (Å²) in [5, 5.41) is 12.1. The zero-order chi connectivity index (χ0) is 11.6. The third-order valence-corrected chi connectivity index (χ3v) is 3.27. The second-order valence-corrected chi connectivity index (χ2v) is 4.56. The minimum absolute atomic E-state index is 0.202. The molecule has 0 amide bonds. The number of nitrogens with one attached hydrogen (secondary N) is 1. The highest BCUT2D eigenvalue weighted by Crippen LogP contribution is 2.48. The van der Waals surface area contributed by atoms with Gasteiger partial charge in [0.2, 0.25) is 0 Å². The Bertz CT molecular complexity index is 377. The van der Waals surface area contributed by atoms with Crippen molar-refractivity contribution >= 4 is 11.4 Å². The van der Waals surface area contributed by atoms with E-state index in [1.807, 2.05) is 0 Å². The van der Waals surface area contributed by atoms with Crippen LogP contribution in [0.1, 0.15) is 19.3 Å². The highest BCUT2D eigenvalue weighted by molar-refractivity contribution is 5.65. The third-order valence-electron chi connectivity index (χ3n) is 3.27. The average Bonchev–Trinajstić information content (AvgIpc) is 3.01. The number of nitrogen functional groups attached to an aromatic ring is 1. The maximum Gasteiger partial charge on any atom is 0.125 e. The number of hydrogen-bond acceptors (Lipinski definition) is 3. The van der Waals surface area contributed by atoms with Crippen molar-refractivity contribution in [1.29, 1.82) is 0 Å². The van der Waals surface area contributed by atoms with Crippen molar-refractivity contribution in [2.45, 2.75) is 19.3 Å². The van der Waals surface area contributed by atoms with Gasteiger partial charge in [0.15, 0.2) is 0 Å². The molecule has 0 heterocycles. The summed E-state index contributed by atoms with van der Waals surface area (Å²) in [6.07, 6.45) is 3.04. The lowest BCUT2D eigenvalue weighted by atomic mass is 10.0. The first-order chi connectivity index (χ1) is 7.65. The first kappa shape index (κ1) is 11.2. The second kappa shape index (κ2) is 4.29. The highest BCUT2D eigenvalue weighted by atomic mass is 19.1. The lowest BCUT2D eigenvalue weighted by Gasteiger charge is -2.16. The van der Waals surface area contributed by atoms with Crippen LogP contribution < -0.4 is 11.1 Å². The molecule has 1 fully saturated rings. The maximum atomic E-state index is 13.0. The molecule has 1 aromatic rings. The Hall–Kier alpha value is -1.29. The molecule has 0 aromatic heterocycles. The average molecular weight is 224 g/mol. The van der Waals surface area contributed by atoms with Gasteiger partial charge in [0.05, 0.1) is 11.4 Å². The SMILES string of the molecule is Nc1ccc(F)cc1NCC1(CCO)CC1. The van der Waals surface area contributed by atoms with E-state index in [0.717, 1.165) is 25.8 Å². The van der Waals surface area contributed by atoms with Gasteiger partial charge in [-0.05, 0) is 42.9 Å². The molecule has 4 heteroatoms. The summed E-state index contributed by atoms with van der Waals surface area (Å²) in [5.74, 6) is -0.288. The van der Waals surface area contributed by atoms with E-state index >= 15 is 0 Å². The summed E-state index contributed by atoms with van der Waals surface area (Å²) < 4.78 is 13.0. The number of halogens is 1. The van der Waals surface area contributed by atoms with Crippen molar-refractivity contribution < 1.29 is 9.50 Å². The normalized spacial score (nSPS) is 17.1. The summed E-state index contributed by atoms with van der Waals surface area (Å²) in [6.45, 7) is 0.960. The zero-order valence-corrected chi connectivity index (χ0v) is 9.17. The first-order valence-corrected chi connectivity index (χ1v) is 5.55. The Morgan fingerprint density at radius 2 is 2.19 bits per heavy atom. The number of hydrogen-bond donors (Lipinski definition) is 3. The van der Waals surface area contributed by atoms with E-state index in [1.54, 1.807) is 6.07 Å². The Kier molecular flexibility index (Phi) is 3.01. The van der Waals surface area contributed by atoms with Crippen molar-refractivity contribution in [2.24, 2.45) is 5.41 Å². The van der Waals surface area contributed by atoms with Gasteiger partial charge in [-0.15, -0.1) is 0 Å². The minimum atomic E-state index is -0.288. The lowest BCUT2D eigenvalue weighted by molar-refractivity contribution is 0.253. The van der Waals surface area contributed by atoms with Crippen LogP contribution in [0.3, 0.4) is 0 Å². The smallest absolute Gasteiger partial charge is 0.125 e. The predicted octanol–water partition coefficient (Wildman–Crippen LogP) is 1.98. The molecule has 0 unspecified atom stereocenters. The molecule has 3 nitrogen and oxygen atoms in total. The van der Waals surface area contributed by atoms with Crippen molar-refractivity contribution in [3.63, 3.8) is 0 Å². The minimum Gasteiger partial charge on any atom is -0.397 e. The van der Waals surface area contributed by atoms with Gasteiger partial charge in [-0.3, -0.25) is 0 Å². The van der Waals surface area contributed by atoms with Gasteiger partial charge < -0.3 is 16.2 Å². The summed E-state index contributed by atoms with van der Waals surface area (Å²) in [7, 11) is 0. The molecule has 1 aliphatic carbocycles. The molecule has 4 N–H and O–H groups in total. The van der Waals surface area contributed by atoms with E-state index in [0.29, 0.717) is 11.4 Å². The maximum absolute atomic E-state index is 13.0. The molecular weight excluding hydrogens is 207 g/mol. The molecule has 88 valence electrons. The van der Waals surface area contributed by atoms with E-state index in [2.05, 4.69) is 5.32 Å². The molecule has 1 aromatic carbocycles. The number of aliphatic hydroxyl groups is 1. The molecular formula is C12H17FN2O. The molecule has 1 aliphatic rings. The number of aliphatic hydroxyl groups excluding tert-OH is 1. The fourth-order valence-corrected chi connectivity index (χ4v) is 1.89. The monoisotopic (exact) mass is 224 g/mol. The van der Waals surface area contributed by atoms with E-state index < -0.39 is 0 Å². The standard InChI is InChI=1S/C12H17FN2O/c13-9-1-2-10(14)11(7-9)15-8-12(3-4-12)5-6-16/h1-2,7,15-16H,3-6,8,14H2. The summed E-state index contributed by atoms with van der Waals surface area (Å²) >= 11 is 0. The summed E-state index contributed by atoms with van der Waals surface area (Å²) in [4.78, 5) is 0. The van der Waals surface area contributed by atoms with E-state index in [4.69, 9.17) is 10.8 Å². The van der Waals surface area contributed by atoms with Gasteiger partial charge in [0.1, 0.15) is 5.82 Å². The van der Waals surface area contributed by atoms with Gasteiger partial charge in [0, 0.05) is 13.2 Å². The predicted molar refractivity (Wildman–Crippen MR) is 62.7 cm³/mol. The Morgan fingerprint density at radius 1 is 1.44 bits per heavy atom. The van der Waals surface area contributed by atoms with Gasteiger partial charge in [-0.25, -0.2) is 4.39 Å². The Balaban J connectivity index is 1.97. The second-order valence-electron chi connectivity index (χ2n) is 4.56. The quantitative estimate of drug-likeness (QED) is 0.670. The largest absolute Gasteiger partial charge is 0.397 e. The fourth-order valence-electron chi connectivity index (χ4n) is 1.89. The lowest BCUT2D eigenvalue weighted by Crippen LogP contribution is -2.17. The van der Waals surface area contributed by atoms with Crippen LogP contribution in [0.5, 0.6) is 0 Å². The van der Waals surface area contributed by atoms with Crippen molar-refractivity contribution in [3.05, 3.63) is 24.0 Å². The molecule has 0 atom stereocenters. The molecule has 0 bridgehead atoms. The Morgan fingerprint density at radius 3 is 2.81 bits per heavy atom. The van der Waals surface area contributed by atoms with Crippen LogP contribution in [0, 0.1) is 11.2 Å². The van der Waals surface area contributed by atoms with Crippen LogP contribution in [-0.4, -0.2) is 18.3 Å². The van der Waals surface area contributed by atoms with Gasteiger partial charge in [-0.1, -0.05) is 0 Å². The third kappa shape index (κ3) is 2.44. The molecule has 0 saturated heterocycles. The van der Waals surface area contributed by atoms with E-state index in [1.165, 1.54) is 12.1 Å². The number of benzene rings is 1. The molecule has 0 radical (unpaired) electrons. The molecule has 1 saturated carbocycles. The molecule has 16 heavy (non-hydrogen) atoms. The zero-order valence-electron chi connectivity index (χ0n) is 9.17. The van der Waals surface area contributed by atoms with Crippen LogP contribution in [0.25, 0.3) is 0 Å². The summed E-state index contributed by atoms with van der Waals surface area (Å²) in [5.41, 5.74) is 7.14. The topological polar surface area (TPSA) is 58.3 Å². The fraction of sp³-hybridized carbons (Fsp3) is 0.500. The molecule has 0 aliphatic heterocycles. The number of nitrogens with two attached hydrogens (primary N) is 1. The molecule has 2 rings (SSSR count). The van der Waals surface area contributed by atoms with Crippen molar-refractivity contribution in [2.75, 3.05) is 24.2 Å². The number of anilines is 2. The van der Waals surface area contributed by atoms with Crippen molar-refractivity contribution in [3.8, 4) is 0 Å². The molecule has 0 spiro atoms. The van der Waals surface area contributed by atoms with Gasteiger partial charge >= 0.3 is 0 Å². The van der Waals surface area contributed by atoms with Crippen LogP contribution in [0.4, 0.5) is 15.8 Å². The van der Waals surface area contributed by atoms with E-state index in [9.17, 15) is 4.39 Å². The van der Waals surface area contributed by atoms with Crippen LogP contribution in [0.15, 0.2) is 18.2 Å². The first-order valence-electron chi connectivity index (χ1n) is 5.55. The number of rotatable bonds is 5. The van der Waals surface area contributed by atoms with Crippen LogP contribution >= 0.6 is 0 Å². The Labute approximate surface area is 94.5 Å². The van der Waals surface area contributed by atoms with E-state index in [-0.39, 0.29) is 17.8 Å². The highest BCUT2D eigenvalue weighted by Gasteiger charge is 2.41. The van der Waals surface area contributed by atoms with Crippen molar-refractivity contribution in [1.82, 2.24) is 0 Å². The van der Waals surface area contributed by atoms with Crippen LogP contribution in [0.2, 0.25) is 0 Å². The van der Waals surface area contributed by atoms with Gasteiger partial charge in [0.25, 0.3) is 0 Å².